The van der Waals surface area contributed by atoms with E-state index in [0.29, 0.717) is 99.6 Å². The lowest BCUT2D eigenvalue weighted by Gasteiger charge is -2.30. The van der Waals surface area contributed by atoms with Gasteiger partial charge in [-0.1, -0.05) is 191 Å². The summed E-state index contributed by atoms with van der Waals surface area (Å²) in [5.41, 5.74) is 32.6. The predicted octanol–water partition coefficient (Wildman–Crippen LogP) is 6.18. The topological polar surface area (TPSA) is 481 Å². The van der Waals surface area contributed by atoms with Gasteiger partial charge >= 0.3 is 0 Å². The molecule has 1 aliphatic heterocycles. The number of ketones is 5. The van der Waals surface area contributed by atoms with Crippen LogP contribution in [0.25, 0.3) is 0 Å². The molecule has 0 aliphatic carbocycles. The normalized spacial score (nSPS) is 17.2. The zero-order valence-corrected chi connectivity index (χ0v) is 76.4. The van der Waals surface area contributed by atoms with Crippen LogP contribution in [0.2, 0.25) is 0 Å². The van der Waals surface area contributed by atoms with Crippen molar-refractivity contribution < 1.29 is 76.8 Å². The Morgan fingerprint density at radius 2 is 0.992 bits per heavy atom. The summed E-state index contributed by atoms with van der Waals surface area (Å²) in [6.45, 7) is 1.04. The number of nitrogens with one attached hydrogen (secondary N) is 4. The molecule has 30 nitrogen and oxygen atoms in total. The lowest BCUT2D eigenvalue weighted by atomic mass is 9.89. The second-order valence-corrected chi connectivity index (χ2v) is 41.8. The molecular weight excluding hydrogens is 1680 g/mol. The van der Waals surface area contributed by atoms with Gasteiger partial charge in [0.25, 0.3) is 0 Å². The monoisotopic (exact) mass is 1810 g/mol. The Balaban J connectivity index is 1.31. The maximum Gasteiger partial charge on any atom is 0.235 e. The first kappa shape index (κ1) is 106. The Hall–Kier alpha value is -8.23. The summed E-state index contributed by atoms with van der Waals surface area (Å²) in [6.07, 6.45) is 4.05. The van der Waals surface area contributed by atoms with Crippen LogP contribution in [-0.2, 0) is 114 Å². The van der Waals surface area contributed by atoms with Crippen molar-refractivity contribution in [3.8, 4) is 0 Å². The number of unbranched alkanes of at least 4 members (excludes halogenated alkanes) is 3. The molecule has 6 rings (SSSR count). The van der Waals surface area contributed by atoms with E-state index in [1.54, 1.807) is 140 Å². The highest BCUT2D eigenvalue weighted by Crippen LogP contribution is 2.27. The van der Waals surface area contributed by atoms with E-state index in [4.69, 9.17) is 28.7 Å². The number of benzene rings is 5. The van der Waals surface area contributed by atoms with Crippen LogP contribution in [-0.4, -0.2) is 224 Å². The summed E-state index contributed by atoms with van der Waals surface area (Å²) in [5, 5.41) is 11.7. The van der Waals surface area contributed by atoms with Gasteiger partial charge in [-0.25, -0.2) is 33.7 Å². The fourth-order valence-corrected chi connectivity index (χ4v) is 21.6. The third kappa shape index (κ3) is 39.9. The lowest BCUT2D eigenvalue weighted by molar-refractivity contribution is -0.130. The minimum absolute atomic E-state index is 0.00698. The SMILES string of the molecule is CC(=O)CN(CC(CC(=O)C(CCCCN)NC(=O)CN(CC(Cc1ccccc1)NC(=O)C1CCCCCC(=O)CCC(NC(=O)CN(CC(CCCCN)NC(=O)C(CCCCN)CC(C)C)S(=O)(=O)Cc2ccccc2)C(=O)CC(Cc2ccccc2)CN(S(=O)(=O)CCN)CC(=O)C1)S(=O)(=O)CCN)Cc1ccccc1)S(=O)(=O)Cc1ccccc1. The number of hydrogen-bond acceptors (Lipinski definition) is 22. The molecule has 692 valence electrons. The predicted molar refractivity (Wildman–Crippen MR) is 487 cm³/mol. The molecule has 1 saturated heterocycles. The van der Waals surface area contributed by atoms with Gasteiger partial charge in [-0.15, -0.1) is 0 Å². The van der Waals surface area contributed by atoms with Gasteiger partial charge in [-0.05, 0) is 162 Å². The van der Waals surface area contributed by atoms with Crippen LogP contribution in [0.15, 0.2) is 152 Å². The van der Waals surface area contributed by atoms with E-state index in [9.17, 15) is 62.4 Å². The second-order valence-electron chi connectivity index (χ2n) is 33.7. The molecule has 0 bridgehead atoms. The number of carbonyl (C=O) groups excluding carboxylic acids is 9. The lowest BCUT2D eigenvalue weighted by Crippen LogP contribution is -2.53. The average Bonchev–Trinajstić information content (AvgIpc) is 0.834. The maximum absolute atomic E-state index is 15.3. The first-order valence-electron chi connectivity index (χ1n) is 44.0. The molecule has 0 spiro atoms. The number of sulfonamides is 4. The number of carbonyl (C=O) groups is 9. The molecule has 1 fully saturated rings. The molecule has 1 heterocycles. The molecule has 14 N–H and O–H groups in total. The highest BCUT2D eigenvalue weighted by molar-refractivity contribution is 7.89. The summed E-state index contributed by atoms with van der Waals surface area (Å²) < 4.78 is 121. The molecule has 0 saturated carbocycles. The molecule has 34 heteroatoms. The maximum atomic E-state index is 15.3. The van der Waals surface area contributed by atoms with Crippen LogP contribution in [0.4, 0.5) is 0 Å². The minimum Gasteiger partial charge on any atom is -0.352 e. The Morgan fingerprint density at radius 3 is 1.54 bits per heavy atom. The molecule has 8 unspecified atom stereocenters. The molecule has 125 heavy (non-hydrogen) atoms. The van der Waals surface area contributed by atoms with Gasteiger partial charge in [0.1, 0.15) is 17.3 Å². The Kier molecular flexibility index (Phi) is 46.9. The molecular formula is C91H137N13O17S4. The third-order valence-electron chi connectivity index (χ3n) is 22.2. The van der Waals surface area contributed by atoms with E-state index >= 15 is 14.4 Å². The standard InChI is InChI=1S/C91H137N13O17S4/c1-69(2)52-78(39-22-25-45-92)90(112)97-80(40-23-26-46-93)62-104(125(120,121)68-75-36-18-8-19-37-75)66-89(111)100-85-44-43-82(106)41-21-9-20-38-79(58-83(107)64-102(122(114,115)50-48-95)61-77(57-87(85)109)54-72-30-12-5-13-31-72)91(113)98-81(55-73-32-14-6-15-33-73)63-103(123(116,117)51-49-96)65-88(110)99-84(42-24-27-47-94)86(108)56-76(53-71-28-10-4-11-29-71)60-101(59-70(3)105)124(118,119)67-74-34-16-7-17-35-74/h4-8,10-19,28-37,69,76-81,84-85H,9,20-27,38-68,92-96H2,1-3H3,(H,97,112)(H,98,113)(H,99,110)(H,100,111). The van der Waals surface area contributed by atoms with Crippen molar-refractivity contribution in [2.45, 2.75) is 204 Å². The van der Waals surface area contributed by atoms with Crippen molar-refractivity contribution in [3.63, 3.8) is 0 Å². The molecule has 0 radical (unpaired) electrons. The first-order valence-corrected chi connectivity index (χ1v) is 50.5. The molecule has 1 aliphatic rings. The van der Waals surface area contributed by atoms with Gasteiger partial charge in [0.2, 0.25) is 63.7 Å². The Labute approximate surface area is 741 Å². The van der Waals surface area contributed by atoms with Crippen molar-refractivity contribution in [2.24, 2.45) is 58.3 Å². The molecule has 8 atom stereocenters. The van der Waals surface area contributed by atoms with Crippen molar-refractivity contribution >= 4 is 92.6 Å². The number of Topliss-reactive ketones (excluding diaryl/α,β-unsaturated/α-hetero) is 5. The highest BCUT2D eigenvalue weighted by atomic mass is 32.2. The van der Waals surface area contributed by atoms with E-state index in [0.717, 1.165) is 22.8 Å². The van der Waals surface area contributed by atoms with Gasteiger partial charge in [-0.2, -0.15) is 17.2 Å². The number of rotatable bonds is 53. The van der Waals surface area contributed by atoms with Gasteiger partial charge in [0.05, 0.1) is 61.3 Å². The van der Waals surface area contributed by atoms with Crippen molar-refractivity contribution in [1.82, 2.24) is 38.5 Å². The summed E-state index contributed by atoms with van der Waals surface area (Å²) >= 11 is 0. The number of nitrogens with two attached hydrogens (primary N) is 5. The van der Waals surface area contributed by atoms with E-state index in [2.05, 4.69) is 21.3 Å². The zero-order chi connectivity index (χ0) is 91.4. The molecule has 4 amide bonds. The van der Waals surface area contributed by atoms with Gasteiger partial charge in [-0.3, -0.25) is 43.2 Å². The second kappa shape index (κ2) is 55.5. The number of hydrogen-bond donors (Lipinski definition) is 9. The minimum atomic E-state index is -4.49. The van der Waals surface area contributed by atoms with Crippen LogP contribution in [0.5, 0.6) is 0 Å². The van der Waals surface area contributed by atoms with E-state index < -0.39 is 204 Å². The Morgan fingerprint density at radius 1 is 0.488 bits per heavy atom. The van der Waals surface area contributed by atoms with Crippen LogP contribution >= 0.6 is 0 Å². The smallest absolute Gasteiger partial charge is 0.235 e. The summed E-state index contributed by atoms with van der Waals surface area (Å²) in [5.74, 6) is -10.7. The van der Waals surface area contributed by atoms with Crippen LogP contribution < -0.4 is 49.9 Å². The average molecular weight is 1810 g/mol. The number of amides is 4. The van der Waals surface area contributed by atoms with Crippen LogP contribution in [0.1, 0.15) is 177 Å². The van der Waals surface area contributed by atoms with Gasteiger partial charge in [0, 0.05) is 95.3 Å². The molecule has 5 aromatic rings. The van der Waals surface area contributed by atoms with E-state index in [1.807, 2.05) is 26.0 Å². The van der Waals surface area contributed by atoms with E-state index in [1.165, 1.54) is 6.92 Å². The largest absolute Gasteiger partial charge is 0.352 e. The van der Waals surface area contributed by atoms with Gasteiger partial charge in [0.15, 0.2) is 11.6 Å². The first-order chi connectivity index (χ1) is 59.6. The summed E-state index contributed by atoms with van der Waals surface area (Å²) in [7, 11) is -17.5. The van der Waals surface area contributed by atoms with Crippen molar-refractivity contribution in [3.05, 3.63) is 179 Å². The zero-order valence-electron chi connectivity index (χ0n) is 73.2. The molecule has 0 aromatic heterocycles. The van der Waals surface area contributed by atoms with Crippen LogP contribution in [0, 0.1) is 29.6 Å². The van der Waals surface area contributed by atoms with Gasteiger partial charge < -0.3 is 49.9 Å². The van der Waals surface area contributed by atoms with Crippen LogP contribution in [0.3, 0.4) is 0 Å². The Bertz CT molecular complexity index is 4630. The van der Waals surface area contributed by atoms with E-state index in [-0.39, 0.29) is 121 Å². The summed E-state index contributed by atoms with van der Waals surface area (Å²) in [6, 6.07) is 38.8. The fourth-order valence-electron chi connectivity index (χ4n) is 15.9. The quantitative estimate of drug-likeness (QED) is 0.0196. The highest BCUT2D eigenvalue weighted by Gasteiger charge is 2.38. The third-order valence-corrected chi connectivity index (χ3v) is 29.4. The fraction of sp³-hybridized carbons (Fsp3) is 0.571. The summed E-state index contributed by atoms with van der Waals surface area (Å²) in [4.78, 5) is 131. The van der Waals surface area contributed by atoms with Crippen molar-refractivity contribution in [1.29, 1.82) is 0 Å². The number of nitrogens with zero attached hydrogens (tertiary/aromatic N) is 4. The molecule has 5 aromatic carbocycles. The van der Waals surface area contributed by atoms with Crippen molar-refractivity contribution in [2.75, 3.05) is 96.6 Å².